The highest BCUT2D eigenvalue weighted by Gasteiger charge is 2.41. The van der Waals surface area contributed by atoms with Crippen LogP contribution in [0.1, 0.15) is 33.1 Å². The van der Waals surface area contributed by atoms with Gasteiger partial charge in [0, 0.05) is 5.41 Å². The fourth-order valence-corrected chi connectivity index (χ4v) is 2.31. The van der Waals surface area contributed by atoms with Crippen LogP contribution < -0.4 is 0 Å². The van der Waals surface area contributed by atoms with Gasteiger partial charge in [-0.3, -0.25) is 4.79 Å². The Hall–Kier alpha value is -1.11. The van der Waals surface area contributed by atoms with E-state index in [1.54, 1.807) is 6.08 Å². The van der Waals surface area contributed by atoms with E-state index >= 15 is 0 Å². The van der Waals surface area contributed by atoms with Crippen molar-refractivity contribution in [2.75, 3.05) is 0 Å². The average molecular weight is 204 g/mol. The van der Waals surface area contributed by atoms with Crippen molar-refractivity contribution in [3.05, 3.63) is 37.0 Å². The second-order valence-electron chi connectivity index (χ2n) is 4.53. The molecule has 0 heterocycles. The van der Waals surface area contributed by atoms with E-state index < -0.39 is 0 Å². The van der Waals surface area contributed by atoms with Crippen LogP contribution in [-0.4, -0.2) is 5.78 Å². The first-order chi connectivity index (χ1) is 7.06. The Morgan fingerprint density at radius 2 is 2.27 bits per heavy atom. The van der Waals surface area contributed by atoms with Crippen LogP contribution >= 0.6 is 0 Å². The Kier molecular flexibility index (Phi) is 3.67. The van der Waals surface area contributed by atoms with E-state index in [9.17, 15) is 4.79 Å². The second-order valence-corrected chi connectivity index (χ2v) is 4.53. The predicted molar refractivity (Wildman–Crippen MR) is 64.6 cm³/mol. The Morgan fingerprint density at radius 3 is 2.73 bits per heavy atom. The third-order valence-corrected chi connectivity index (χ3v) is 3.57. The van der Waals surface area contributed by atoms with E-state index in [-0.39, 0.29) is 17.1 Å². The normalized spacial score (nSPS) is 28.1. The van der Waals surface area contributed by atoms with Gasteiger partial charge in [-0.15, -0.1) is 13.2 Å². The Balaban J connectivity index is 3.06. The first-order valence-corrected chi connectivity index (χ1v) is 5.52. The van der Waals surface area contributed by atoms with Gasteiger partial charge in [-0.05, 0) is 38.2 Å². The number of ketones is 1. The summed E-state index contributed by atoms with van der Waals surface area (Å²) in [5, 5.41) is 0. The van der Waals surface area contributed by atoms with Gasteiger partial charge in [0.15, 0.2) is 5.78 Å². The molecule has 0 saturated heterocycles. The molecule has 1 aliphatic carbocycles. The fraction of sp³-hybridized carbons (Fsp3) is 0.500. The van der Waals surface area contributed by atoms with Gasteiger partial charge in [0.2, 0.25) is 0 Å². The molecule has 1 heteroatoms. The molecule has 2 atom stereocenters. The molecule has 0 bridgehead atoms. The minimum Gasteiger partial charge on any atom is -0.294 e. The number of carbonyl (C=O) groups is 1. The molecule has 1 nitrogen and oxygen atoms in total. The third-order valence-electron chi connectivity index (χ3n) is 3.57. The molecule has 0 amide bonds. The van der Waals surface area contributed by atoms with E-state index in [2.05, 4.69) is 20.1 Å². The van der Waals surface area contributed by atoms with Gasteiger partial charge in [0.25, 0.3) is 0 Å². The molecule has 82 valence electrons. The lowest BCUT2D eigenvalue weighted by Crippen LogP contribution is -2.37. The molecule has 0 aromatic rings. The summed E-state index contributed by atoms with van der Waals surface area (Å²) in [6.07, 6.45) is 8.23. The van der Waals surface area contributed by atoms with Gasteiger partial charge in [-0.25, -0.2) is 0 Å². The molecule has 1 rings (SSSR count). The fourth-order valence-electron chi connectivity index (χ4n) is 2.31. The van der Waals surface area contributed by atoms with Gasteiger partial charge in [-0.1, -0.05) is 24.6 Å². The van der Waals surface area contributed by atoms with Crippen molar-refractivity contribution in [3.8, 4) is 0 Å². The number of rotatable bonds is 4. The first kappa shape index (κ1) is 12.0. The Labute approximate surface area is 92.6 Å². The molecular weight excluding hydrogens is 184 g/mol. The van der Waals surface area contributed by atoms with E-state index in [0.717, 1.165) is 19.3 Å². The van der Waals surface area contributed by atoms with E-state index in [4.69, 9.17) is 0 Å². The van der Waals surface area contributed by atoms with Gasteiger partial charge in [0.1, 0.15) is 0 Å². The van der Waals surface area contributed by atoms with Crippen molar-refractivity contribution < 1.29 is 4.79 Å². The second kappa shape index (κ2) is 4.61. The van der Waals surface area contributed by atoms with Crippen LogP contribution in [0.2, 0.25) is 0 Å². The largest absolute Gasteiger partial charge is 0.294 e. The molecule has 0 saturated carbocycles. The molecule has 0 aromatic carbocycles. The van der Waals surface area contributed by atoms with Gasteiger partial charge < -0.3 is 0 Å². The topological polar surface area (TPSA) is 17.1 Å². The van der Waals surface area contributed by atoms with Crippen molar-refractivity contribution in [2.24, 2.45) is 11.3 Å². The molecule has 0 radical (unpaired) electrons. The summed E-state index contributed by atoms with van der Waals surface area (Å²) in [7, 11) is 0. The van der Waals surface area contributed by atoms with E-state index in [1.807, 2.05) is 19.1 Å². The van der Waals surface area contributed by atoms with Crippen molar-refractivity contribution in [3.63, 3.8) is 0 Å². The molecule has 15 heavy (non-hydrogen) atoms. The maximum absolute atomic E-state index is 12.1. The zero-order valence-corrected chi connectivity index (χ0v) is 9.75. The van der Waals surface area contributed by atoms with Crippen molar-refractivity contribution in [2.45, 2.75) is 33.1 Å². The average Bonchev–Trinajstić information content (AvgIpc) is 2.21. The van der Waals surface area contributed by atoms with E-state index in [1.165, 1.54) is 5.57 Å². The number of hydrogen-bond donors (Lipinski definition) is 0. The van der Waals surface area contributed by atoms with Crippen LogP contribution in [0.3, 0.4) is 0 Å². The molecule has 0 N–H and O–H groups in total. The Bertz CT molecular complexity index is 311. The van der Waals surface area contributed by atoms with Crippen molar-refractivity contribution in [1.29, 1.82) is 0 Å². The van der Waals surface area contributed by atoms with Crippen LogP contribution in [0.25, 0.3) is 0 Å². The van der Waals surface area contributed by atoms with Crippen molar-refractivity contribution >= 4 is 5.78 Å². The molecule has 0 fully saturated rings. The van der Waals surface area contributed by atoms with E-state index in [0.29, 0.717) is 0 Å². The highest BCUT2D eigenvalue weighted by Crippen LogP contribution is 2.42. The third kappa shape index (κ3) is 2.11. The first-order valence-electron chi connectivity index (χ1n) is 5.52. The van der Waals surface area contributed by atoms with Crippen LogP contribution in [-0.2, 0) is 4.79 Å². The molecule has 0 unspecified atom stereocenters. The summed E-state index contributed by atoms with van der Waals surface area (Å²) >= 11 is 0. The predicted octanol–water partition coefficient (Wildman–Crippen LogP) is 3.68. The lowest BCUT2D eigenvalue weighted by atomic mass is 9.64. The maximum Gasteiger partial charge on any atom is 0.162 e. The smallest absolute Gasteiger partial charge is 0.162 e. The minimum absolute atomic E-state index is 0.215. The lowest BCUT2D eigenvalue weighted by molar-refractivity contribution is -0.126. The standard InChI is InChI=1S/C14H20O/c1-5-8-14(12(4)6-2)9-7-11(3)10-13(14)15/h5-6,10,12H,1-2,7-9H2,3-4H3/t12-,14+/m0/s1. The molecule has 0 aliphatic heterocycles. The zero-order valence-electron chi connectivity index (χ0n) is 9.75. The zero-order chi connectivity index (χ0) is 11.5. The van der Waals surface area contributed by atoms with Gasteiger partial charge in [0.05, 0.1) is 0 Å². The SMILES string of the molecule is C=CC[C@]1([C@@H](C)C=C)CCC(C)=CC1=O. The summed E-state index contributed by atoms with van der Waals surface area (Å²) < 4.78 is 0. The van der Waals surface area contributed by atoms with Crippen LogP contribution in [0.5, 0.6) is 0 Å². The maximum atomic E-state index is 12.1. The molecule has 0 spiro atoms. The summed E-state index contributed by atoms with van der Waals surface area (Å²) in [6, 6.07) is 0. The highest BCUT2D eigenvalue weighted by molar-refractivity contribution is 5.96. The Morgan fingerprint density at radius 1 is 1.60 bits per heavy atom. The van der Waals surface area contributed by atoms with Crippen LogP contribution in [0.15, 0.2) is 37.0 Å². The minimum atomic E-state index is -0.275. The summed E-state index contributed by atoms with van der Waals surface area (Å²) in [5.74, 6) is 0.464. The molecule has 0 aromatic heterocycles. The summed E-state index contributed by atoms with van der Waals surface area (Å²) in [5.41, 5.74) is 0.916. The molecule has 1 aliphatic rings. The quantitative estimate of drug-likeness (QED) is 0.638. The number of allylic oxidation sites excluding steroid dienone is 4. The monoisotopic (exact) mass is 204 g/mol. The van der Waals surface area contributed by atoms with Gasteiger partial charge in [-0.2, -0.15) is 0 Å². The molecular formula is C14H20O. The van der Waals surface area contributed by atoms with Crippen LogP contribution in [0, 0.1) is 11.3 Å². The van der Waals surface area contributed by atoms with Crippen molar-refractivity contribution in [1.82, 2.24) is 0 Å². The van der Waals surface area contributed by atoms with Crippen LogP contribution in [0.4, 0.5) is 0 Å². The number of hydrogen-bond acceptors (Lipinski definition) is 1. The number of carbonyl (C=O) groups excluding carboxylic acids is 1. The summed E-state index contributed by atoms with van der Waals surface area (Å²) in [6.45, 7) is 11.7. The van der Waals surface area contributed by atoms with Gasteiger partial charge >= 0.3 is 0 Å². The lowest BCUT2D eigenvalue weighted by Gasteiger charge is -2.37. The highest BCUT2D eigenvalue weighted by atomic mass is 16.1. The summed E-state index contributed by atoms with van der Waals surface area (Å²) in [4.78, 5) is 12.1.